The Hall–Kier alpha value is -3.81. The largest absolute Gasteiger partial charge is 0.481 e. The molecule has 11 heteroatoms. The standard InChI is InChI=1S/C25H24ClFN6O3/c26-19-5-6-22(27)21(9-19)17-3-1-15(2-4-17)7-20(30-24(34)23-11-29-32-31-23)8-18(25(35)36)14-33-12-16(10-28)13-33/h1-6,9,11,16,18,20H,7-8,12-14H2,(H,30,34)(H,35,36)(H,29,31,32)/t18-,20+/m0/s1. The molecule has 0 unspecified atom stereocenters. The van der Waals surface area contributed by atoms with Gasteiger partial charge in [0.05, 0.1) is 24.1 Å². The van der Waals surface area contributed by atoms with Gasteiger partial charge in [0.2, 0.25) is 0 Å². The van der Waals surface area contributed by atoms with Crippen molar-refractivity contribution in [3.8, 4) is 17.2 Å². The lowest BCUT2D eigenvalue weighted by molar-refractivity contribution is -0.143. The van der Waals surface area contributed by atoms with Gasteiger partial charge in [-0.3, -0.25) is 14.5 Å². The molecule has 1 aliphatic heterocycles. The summed E-state index contributed by atoms with van der Waals surface area (Å²) in [5.41, 5.74) is 1.96. The van der Waals surface area contributed by atoms with Gasteiger partial charge in [-0.1, -0.05) is 35.9 Å². The van der Waals surface area contributed by atoms with Crippen LogP contribution >= 0.6 is 11.6 Å². The topological polar surface area (TPSA) is 135 Å². The van der Waals surface area contributed by atoms with E-state index in [0.717, 1.165) is 5.56 Å². The molecule has 3 aromatic rings. The summed E-state index contributed by atoms with van der Waals surface area (Å²) >= 11 is 6.01. The minimum Gasteiger partial charge on any atom is -0.481 e. The summed E-state index contributed by atoms with van der Waals surface area (Å²) in [7, 11) is 0. The van der Waals surface area contributed by atoms with E-state index in [4.69, 9.17) is 16.9 Å². The molecule has 36 heavy (non-hydrogen) atoms. The molecule has 0 saturated carbocycles. The quantitative estimate of drug-likeness (QED) is 0.381. The number of nitrogens with zero attached hydrogens (tertiary/aromatic N) is 4. The van der Waals surface area contributed by atoms with Crippen molar-refractivity contribution in [1.82, 2.24) is 25.6 Å². The van der Waals surface area contributed by atoms with Crippen LogP contribution in [-0.2, 0) is 11.2 Å². The van der Waals surface area contributed by atoms with E-state index in [-0.39, 0.29) is 30.4 Å². The van der Waals surface area contributed by atoms with Crippen LogP contribution in [-0.4, -0.2) is 63.0 Å². The van der Waals surface area contributed by atoms with E-state index in [1.54, 1.807) is 18.2 Å². The van der Waals surface area contributed by atoms with Crippen LogP contribution < -0.4 is 5.32 Å². The zero-order chi connectivity index (χ0) is 25.7. The van der Waals surface area contributed by atoms with E-state index < -0.39 is 23.8 Å². The number of benzene rings is 2. The number of rotatable bonds is 10. The lowest BCUT2D eigenvalue weighted by Crippen LogP contribution is -2.50. The van der Waals surface area contributed by atoms with Crippen molar-refractivity contribution in [3.63, 3.8) is 0 Å². The Balaban J connectivity index is 1.50. The highest BCUT2D eigenvalue weighted by atomic mass is 35.5. The lowest BCUT2D eigenvalue weighted by Gasteiger charge is -2.37. The molecule has 0 aliphatic carbocycles. The predicted octanol–water partition coefficient (Wildman–Crippen LogP) is 3.15. The van der Waals surface area contributed by atoms with E-state index in [9.17, 15) is 19.1 Å². The fourth-order valence-electron chi connectivity index (χ4n) is 4.30. The van der Waals surface area contributed by atoms with Gasteiger partial charge in [0.25, 0.3) is 5.91 Å². The molecule has 1 aromatic heterocycles. The molecule has 4 rings (SSSR count). The van der Waals surface area contributed by atoms with Crippen molar-refractivity contribution in [1.29, 1.82) is 5.26 Å². The summed E-state index contributed by atoms with van der Waals surface area (Å²) in [6.45, 7) is 1.37. The predicted molar refractivity (Wildman–Crippen MR) is 129 cm³/mol. The number of carboxylic acid groups (broad SMARTS) is 1. The molecule has 0 bridgehead atoms. The molecule has 3 N–H and O–H groups in total. The first-order valence-electron chi connectivity index (χ1n) is 11.4. The summed E-state index contributed by atoms with van der Waals surface area (Å²) in [4.78, 5) is 26.6. The van der Waals surface area contributed by atoms with Crippen LogP contribution in [0, 0.1) is 29.0 Å². The molecule has 2 atom stereocenters. The summed E-state index contributed by atoms with van der Waals surface area (Å²) in [5.74, 6) is -2.65. The van der Waals surface area contributed by atoms with Gasteiger partial charge in [-0.2, -0.15) is 20.7 Å². The molecule has 186 valence electrons. The van der Waals surface area contributed by atoms with Gasteiger partial charge < -0.3 is 10.4 Å². The average Bonchev–Trinajstić information content (AvgIpc) is 3.37. The third kappa shape index (κ3) is 6.24. The van der Waals surface area contributed by atoms with E-state index in [1.165, 1.54) is 18.3 Å². The molecular weight excluding hydrogens is 487 g/mol. The minimum absolute atomic E-state index is 0.0787. The van der Waals surface area contributed by atoms with Crippen molar-refractivity contribution in [3.05, 3.63) is 70.8 Å². The number of amides is 1. The Morgan fingerprint density at radius 2 is 2.03 bits per heavy atom. The van der Waals surface area contributed by atoms with Gasteiger partial charge >= 0.3 is 5.97 Å². The van der Waals surface area contributed by atoms with E-state index in [0.29, 0.717) is 35.7 Å². The van der Waals surface area contributed by atoms with Crippen molar-refractivity contribution in [2.75, 3.05) is 19.6 Å². The monoisotopic (exact) mass is 510 g/mol. The first-order chi connectivity index (χ1) is 17.3. The SMILES string of the molecule is N#CC1CN(C[C@H](C[C@@H](Cc2ccc(-c3cc(Cl)ccc3F)cc2)NC(=O)c2cn[nH]n2)C(=O)O)C1. The number of aromatic amines is 1. The number of carbonyl (C=O) groups excluding carboxylic acids is 1. The Morgan fingerprint density at radius 1 is 1.28 bits per heavy atom. The maximum Gasteiger partial charge on any atom is 0.307 e. The Labute approximate surface area is 211 Å². The van der Waals surface area contributed by atoms with Gasteiger partial charge in [-0.15, -0.1) is 0 Å². The zero-order valence-electron chi connectivity index (χ0n) is 19.2. The van der Waals surface area contributed by atoms with E-state index >= 15 is 0 Å². The van der Waals surface area contributed by atoms with Crippen LogP contribution in [0.15, 0.2) is 48.7 Å². The highest BCUT2D eigenvalue weighted by Crippen LogP contribution is 2.27. The third-order valence-electron chi connectivity index (χ3n) is 6.19. The summed E-state index contributed by atoms with van der Waals surface area (Å²) < 4.78 is 14.3. The Bertz CT molecular complexity index is 1260. The van der Waals surface area contributed by atoms with Crippen LogP contribution in [0.2, 0.25) is 5.02 Å². The van der Waals surface area contributed by atoms with Crippen molar-refractivity contribution in [2.24, 2.45) is 11.8 Å². The molecule has 2 aromatic carbocycles. The minimum atomic E-state index is -0.970. The maximum atomic E-state index is 14.3. The van der Waals surface area contributed by atoms with Crippen molar-refractivity contribution < 1.29 is 19.1 Å². The Morgan fingerprint density at radius 3 is 2.67 bits per heavy atom. The van der Waals surface area contributed by atoms with Crippen LogP contribution in [0.1, 0.15) is 22.5 Å². The average molecular weight is 511 g/mol. The van der Waals surface area contributed by atoms with Gasteiger partial charge in [0.15, 0.2) is 5.69 Å². The van der Waals surface area contributed by atoms with Gasteiger partial charge in [0, 0.05) is 36.3 Å². The fraction of sp³-hybridized carbons (Fsp3) is 0.320. The number of aromatic nitrogens is 3. The number of likely N-dealkylation sites (tertiary alicyclic amines) is 1. The second-order valence-corrected chi connectivity index (χ2v) is 9.30. The van der Waals surface area contributed by atoms with Crippen molar-refractivity contribution in [2.45, 2.75) is 18.9 Å². The zero-order valence-corrected chi connectivity index (χ0v) is 20.0. The van der Waals surface area contributed by atoms with E-state index in [2.05, 4.69) is 26.8 Å². The number of hydrogen-bond donors (Lipinski definition) is 3. The number of nitriles is 1. The number of carbonyl (C=O) groups is 2. The van der Waals surface area contributed by atoms with Crippen LogP contribution in [0.25, 0.3) is 11.1 Å². The summed E-state index contributed by atoms with van der Waals surface area (Å²) in [6, 6.07) is 13.2. The molecule has 0 radical (unpaired) electrons. The molecule has 1 fully saturated rings. The molecule has 1 saturated heterocycles. The fourth-order valence-corrected chi connectivity index (χ4v) is 4.47. The number of aliphatic carboxylic acids is 1. The number of carboxylic acids is 1. The maximum absolute atomic E-state index is 14.3. The molecule has 1 amide bonds. The highest BCUT2D eigenvalue weighted by Gasteiger charge is 2.32. The highest BCUT2D eigenvalue weighted by molar-refractivity contribution is 6.30. The van der Waals surface area contributed by atoms with Gasteiger partial charge in [0.1, 0.15) is 5.82 Å². The van der Waals surface area contributed by atoms with E-state index in [1.807, 2.05) is 17.0 Å². The van der Waals surface area contributed by atoms with Crippen molar-refractivity contribution >= 4 is 23.5 Å². The second kappa shape index (κ2) is 11.3. The molecule has 0 spiro atoms. The number of halogens is 2. The molecule has 9 nitrogen and oxygen atoms in total. The van der Waals surface area contributed by atoms with Crippen LogP contribution in [0.3, 0.4) is 0 Å². The van der Waals surface area contributed by atoms with Crippen LogP contribution in [0.4, 0.5) is 4.39 Å². The smallest absolute Gasteiger partial charge is 0.307 e. The summed E-state index contributed by atoms with van der Waals surface area (Å²) in [5, 5.41) is 31.9. The lowest BCUT2D eigenvalue weighted by atomic mass is 9.91. The van der Waals surface area contributed by atoms with Crippen LogP contribution in [0.5, 0.6) is 0 Å². The second-order valence-electron chi connectivity index (χ2n) is 8.87. The molecule has 1 aliphatic rings. The number of H-pyrrole nitrogens is 1. The first-order valence-corrected chi connectivity index (χ1v) is 11.8. The van der Waals surface area contributed by atoms with Gasteiger partial charge in [-0.25, -0.2) is 4.39 Å². The number of nitrogens with one attached hydrogen (secondary N) is 2. The van der Waals surface area contributed by atoms with Gasteiger partial charge in [-0.05, 0) is 42.2 Å². The molecule has 2 heterocycles. The summed E-state index contributed by atoms with van der Waals surface area (Å²) in [6.07, 6.45) is 1.82. The first kappa shape index (κ1) is 25.3. The molecular formula is C25H24ClFN6O3. The Kier molecular flexibility index (Phi) is 7.93. The number of hydrogen-bond acceptors (Lipinski definition) is 6. The third-order valence-corrected chi connectivity index (χ3v) is 6.43. The normalized spacial score (nSPS) is 15.5.